The van der Waals surface area contributed by atoms with Gasteiger partial charge >= 0.3 is 0 Å². The van der Waals surface area contributed by atoms with Gasteiger partial charge in [0.15, 0.2) is 0 Å². The molecule has 1 unspecified atom stereocenters. The first-order valence-electron chi connectivity index (χ1n) is 10.3. The Hall–Kier alpha value is -1.38. The number of hydrogen-bond donors (Lipinski definition) is 1. The molecule has 1 aliphatic carbocycles. The number of aliphatic hydroxyl groups excluding tert-OH is 1. The molecule has 1 nitrogen and oxygen atoms in total. The van der Waals surface area contributed by atoms with E-state index < -0.39 is 0 Å². The lowest BCUT2D eigenvalue weighted by Gasteiger charge is -2.16. The minimum atomic E-state index is -0.321. The second-order valence-corrected chi connectivity index (χ2v) is 8.68. The fourth-order valence-electron chi connectivity index (χ4n) is 3.93. The van der Waals surface area contributed by atoms with Crippen molar-refractivity contribution in [1.29, 1.82) is 0 Å². The summed E-state index contributed by atoms with van der Waals surface area (Å²) in [7, 11) is 0. The van der Waals surface area contributed by atoms with Crippen LogP contribution in [0.4, 0.5) is 0 Å². The third-order valence-corrected chi connectivity index (χ3v) is 6.69. The minimum absolute atomic E-state index is 0.321. The first-order chi connectivity index (χ1) is 12.7. The van der Waals surface area contributed by atoms with E-state index in [1.807, 2.05) is 11.3 Å². The first kappa shape index (κ1) is 19.4. The highest BCUT2D eigenvalue weighted by atomic mass is 32.1. The molecule has 0 aliphatic heterocycles. The van der Waals surface area contributed by atoms with Crippen molar-refractivity contribution in [3.63, 3.8) is 0 Å². The number of aryl methyl sites for hydroxylation is 1. The Kier molecular flexibility index (Phi) is 7.10. The van der Waals surface area contributed by atoms with Crippen LogP contribution in [0.25, 0.3) is 5.57 Å². The van der Waals surface area contributed by atoms with Gasteiger partial charge in [-0.05, 0) is 54.5 Å². The zero-order valence-corrected chi connectivity index (χ0v) is 17.0. The van der Waals surface area contributed by atoms with Gasteiger partial charge < -0.3 is 5.11 Å². The fraction of sp³-hybridized carbons (Fsp3) is 0.500. The summed E-state index contributed by atoms with van der Waals surface area (Å²) >= 11 is 1.99. The van der Waals surface area contributed by atoms with Gasteiger partial charge in [-0.2, -0.15) is 0 Å². The lowest BCUT2D eigenvalue weighted by molar-refractivity contribution is 0.163. The highest BCUT2D eigenvalue weighted by Gasteiger charge is 2.24. The molecule has 2 heteroatoms. The average Bonchev–Trinajstić information content (AvgIpc) is 3.31. The van der Waals surface area contributed by atoms with Gasteiger partial charge in [0.25, 0.3) is 0 Å². The van der Waals surface area contributed by atoms with Crippen LogP contribution >= 0.6 is 11.3 Å². The summed E-state index contributed by atoms with van der Waals surface area (Å²) in [5, 5.41) is 10.4. The van der Waals surface area contributed by atoms with Crippen molar-refractivity contribution in [2.75, 3.05) is 0 Å². The van der Waals surface area contributed by atoms with Gasteiger partial charge in [0, 0.05) is 15.7 Å². The highest BCUT2D eigenvalue weighted by Crippen LogP contribution is 2.43. The van der Waals surface area contributed by atoms with Gasteiger partial charge in [0.05, 0.1) is 6.10 Å². The Balaban J connectivity index is 1.69. The van der Waals surface area contributed by atoms with Crippen LogP contribution in [0.3, 0.4) is 0 Å². The van der Waals surface area contributed by atoms with Crippen molar-refractivity contribution in [2.45, 2.75) is 77.2 Å². The van der Waals surface area contributed by atoms with Crippen LogP contribution in [-0.2, 0) is 6.42 Å². The zero-order valence-electron chi connectivity index (χ0n) is 16.2. The number of benzene rings is 1. The Labute approximate surface area is 162 Å². The molecule has 0 radical (unpaired) electrons. The predicted molar refractivity (Wildman–Crippen MR) is 114 cm³/mol. The van der Waals surface area contributed by atoms with E-state index in [1.54, 1.807) is 0 Å². The molecule has 1 aliphatic rings. The van der Waals surface area contributed by atoms with Gasteiger partial charge in [-0.15, -0.1) is 11.3 Å². The maximum atomic E-state index is 10.4. The molecule has 0 bridgehead atoms. The predicted octanol–water partition coefficient (Wildman–Crippen LogP) is 7.28. The molecule has 1 aromatic carbocycles. The Morgan fingerprint density at radius 3 is 2.58 bits per heavy atom. The summed E-state index contributed by atoms with van der Waals surface area (Å²) in [6.45, 7) is 4.45. The van der Waals surface area contributed by atoms with Crippen LogP contribution in [0.2, 0.25) is 0 Å². The molecule has 0 saturated heterocycles. The summed E-state index contributed by atoms with van der Waals surface area (Å²) < 4.78 is 0. The first-order valence-corrected chi connectivity index (χ1v) is 11.1. The van der Waals surface area contributed by atoms with Gasteiger partial charge in [-0.3, -0.25) is 0 Å². The molecule has 0 amide bonds. The van der Waals surface area contributed by atoms with Gasteiger partial charge in [-0.25, -0.2) is 0 Å². The highest BCUT2D eigenvalue weighted by molar-refractivity contribution is 7.12. The average molecular weight is 369 g/mol. The monoisotopic (exact) mass is 368 g/mol. The van der Waals surface area contributed by atoms with E-state index in [9.17, 15) is 5.11 Å². The van der Waals surface area contributed by atoms with Crippen LogP contribution in [0.15, 0.2) is 42.5 Å². The Morgan fingerprint density at radius 1 is 1.04 bits per heavy atom. The zero-order chi connectivity index (χ0) is 18.4. The summed E-state index contributed by atoms with van der Waals surface area (Å²) in [5.74, 6) is 0.547. The summed E-state index contributed by atoms with van der Waals surface area (Å²) in [6, 6.07) is 13.3. The van der Waals surface area contributed by atoms with E-state index in [0.717, 1.165) is 18.4 Å². The van der Waals surface area contributed by atoms with E-state index in [1.165, 1.54) is 59.4 Å². The van der Waals surface area contributed by atoms with Crippen LogP contribution in [-0.4, -0.2) is 5.11 Å². The lowest BCUT2D eigenvalue weighted by atomic mass is 9.92. The van der Waals surface area contributed by atoms with Crippen molar-refractivity contribution in [1.82, 2.24) is 0 Å². The van der Waals surface area contributed by atoms with E-state index in [-0.39, 0.29) is 6.10 Å². The van der Waals surface area contributed by atoms with Crippen molar-refractivity contribution in [3.05, 3.63) is 63.4 Å². The number of rotatable bonds is 9. The normalized spacial score (nSPS) is 18.1. The molecule has 1 heterocycles. The molecular formula is C24H32OS. The molecule has 0 saturated carbocycles. The third kappa shape index (κ3) is 4.66. The summed E-state index contributed by atoms with van der Waals surface area (Å²) in [6.07, 6.45) is 11.3. The molecule has 3 rings (SSSR count). The molecule has 1 aromatic heterocycles. The molecule has 26 heavy (non-hydrogen) atoms. The topological polar surface area (TPSA) is 20.2 Å². The van der Waals surface area contributed by atoms with Crippen molar-refractivity contribution < 1.29 is 5.11 Å². The van der Waals surface area contributed by atoms with Crippen LogP contribution < -0.4 is 0 Å². The molecule has 2 aromatic rings. The lowest BCUT2D eigenvalue weighted by Crippen LogP contribution is -1.99. The van der Waals surface area contributed by atoms with E-state index in [2.05, 4.69) is 56.3 Å². The van der Waals surface area contributed by atoms with Gasteiger partial charge in [-0.1, -0.05) is 69.9 Å². The van der Waals surface area contributed by atoms with Crippen molar-refractivity contribution in [3.8, 4) is 0 Å². The quantitative estimate of drug-likeness (QED) is 0.461. The summed E-state index contributed by atoms with van der Waals surface area (Å²) in [4.78, 5) is 3.03. The Morgan fingerprint density at radius 2 is 1.85 bits per heavy atom. The molecule has 1 N–H and O–H groups in total. The van der Waals surface area contributed by atoms with Crippen LogP contribution in [0.5, 0.6) is 0 Å². The maximum absolute atomic E-state index is 10.4. The number of allylic oxidation sites excluding steroid dienone is 2. The minimum Gasteiger partial charge on any atom is -0.388 e. The molecule has 0 spiro atoms. The maximum Gasteiger partial charge on any atom is 0.0790 e. The number of unbranched alkanes of at least 4 members (excludes halogenated alkanes) is 2. The van der Waals surface area contributed by atoms with Crippen LogP contribution in [0.1, 0.15) is 91.7 Å². The van der Waals surface area contributed by atoms with Gasteiger partial charge in [0.2, 0.25) is 0 Å². The smallest absolute Gasteiger partial charge is 0.0790 e. The number of hydrogen-bond acceptors (Lipinski definition) is 2. The van der Waals surface area contributed by atoms with Crippen LogP contribution in [0, 0.1) is 0 Å². The third-order valence-electron chi connectivity index (χ3n) is 5.43. The fourth-order valence-corrected chi connectivity index (χ4v) is 5.20. The standard InChI is InChI=1S/C24H32OS/c1-3-5-6-11-23(25)19-14-12-18(13-15-19)21-9-7-10-22(21)24-17-16-20(26-24)8-4-2/h9,12-17,22-23,25H,3-8,10-11H2,1-2H3/t22-,23?/m0/s1. The Bertz CT molecular complexity index is 710. The SMILES string of the molecule is CCCCCC(O)c1ccc(C2=CCC[C@@H]2c2ccc(CCC)s2)cc1. The number of aliphatic hydroxyl groups is 1. The van der Waals surface area contributed by atoms with Crippen molar-refractivity contribution in [2.24, 2.45) is 0 Å². The van der Waals surface area contributed by atoms with E-state index in [0.29, 0.717) is 5.92 Å². The van der Waals surface area contributed by atoms with E-state index in [4.69, 9.17) is 0 Å². The molecule has 0 fully saturated rings. The largest absolute Gasteiger partial charge is 0.388 e. The molecular weight excluding hydrogens is 336 g/mol. The molecule has 140 valence electrons. The van der Waals surface area contributed by atoms with E-state index >= 15 is 0 Å². The molecule has 2 atom stereocenters. The number of thiophene rings is 1. The van der Waals surface area contributed by atoms with Crippen molar-refractivity contribution >= 4 is 16.9 Å². The summed E-state index contributed by atoms with van der Waals surface area (Å²) in [5.41, 5.74) is 3.85. The van der Waals surface area contributed by atoms with Gasteiger partial charge in [0.1, 0.15) is 0 Å². The second-order valence-electron chi connectivity index (χ2n) is 7.48. The second kappa shape index (κ2) is 9.53.